The largest absolute Gasteiger partial charge is 0.459 e. The Bertz CT molecular complexity index is 913. The van der Waals surface area contributed by atoms with Gasteiger partial charge in [0.15, 0.2) is 0 Å². The molecule has 1 aliphatic rings. The van der Waals surface area contributed by atoms with E-state index in [1.54, 1.807) is 17.9 Å². The smallest absolute Gasteiger partial charge is 0.244 e. The summed E-state index contributed by atoms with van der Waals surface area (Å²) < 4.78 is 7.77. The van der Waals surface area contributed by atoms with Crippen molar-refractivity contribution in [1.29, 1.82) is 0 Å². The van der Waals surface area contributed by atoms with E-state index >= 15 is 0 Å². The van der Waals surface area contributed by atoms with Crippen LogP contribution >= 0.6 is 0 Å². The maximum atomic E-state index is 13.0. The van der Waals surface area contributed by atoms with Gasteiger partial charge in [0.1, 0.15) is 17.6 Å². The molecule has 0 bridgehead atoms. The van der Waals surface area contributed by atoms with Crippen LogP contribution in [0.3, 0.4) is 0 Å². The standard InChI is InChI=1S/C20H22N4O2/c1-21-19(16-11-22-23(2)12-16)20(25)24-9-8-15-10-17(26-18(15)13-24)14-6-4-3-5-7-14/h3-7,10-12,19,21H,8-9,13H2,1-2H3. The summed E-state index contributed by atoms with van der Waals surface area (Å²) in [7, 11) is 3.65. The molecule has 1 amide bonds. The Balaban J connectivity index is 1.54. The molecule has 6 nitrogen and oxygen atoms in total. The summed E-state index contributed by atoms with van der Waals surface area (Å²) in [5, 5.41) is 7.28. The second-order valence-electron chi connectivity index (χ2n) is 6.60. The van der Waals surface area contributed by atoms with Crippen LogP contribution in [0.15, 0.2) is 53.2 Å². The highest BCUT2D eigenvalue weighted by Crippen LogP contribution is 2.30. The molecule has 0 aliphatic carbocycles. The fourth-order valence-electron chi connectivity index (χ4n) is 3.46. The fourth-order valence-corrected chi connectivity index (χ4v) is 3.46. The van der Waals surface area contributed by atoms with Crippen LogP contribution in [0.2, 0.25) is 0 Å². The normalized spacial score (nSPS) is 14.9. The summed E-state index contributed by atoms with van der Waals surface area (Å²) in [4.78, 5) is 14.9. The Labute approximate surface area is 152 Å². The SMILES string of the molecule is CNC(C(=O)N1CCc2cc(-c3ccccc3)oc2C1)c1cnn(C)c1. The molecule has 1 atom stereocenters. The molecule has 0 saturated carbocycles. The van der Waals surface area contributed by atoms with Crippen molar-refractivity contribution in [2.75, 3.05) is 13.6 Å². The van der Waals surface area contributed by atoms with Crippen LogP contribution in [0.1, 0.15) is 22.9 Å². The molecule has 3 aromatic rings. The average Bonchev–Trinajstić information content (AvgIpc) is 3.28. The third-order valence-electron chi connectivity index (χ3n) is 4.85. The molecule has 4 rings (SSSR count). The van der Waals surface area contributed by atoms with Crippen LogP contribution in [-0.2, 0) is 24.8 Å². The lowest BCUT2D eigenvalue weighted by Gasteiger charge is -2.29. The van der Waals surface area contributed by atoms with Gasteiger partial charge >= 0.3 is 0 Å². The van der Waals surface area contributed by atoms with Crippen LogP contribution in [0.5, 0.6) is 0 Å². The van der Waals surface area contributed by atoms with Gasteiger partial charge in [-0.2, -0.15) is 5.10 Å². The van der Waals surface area contributed by atoms with Crippen molar-refractivity contribution in [3.8, 4) is 11.3 Å². The van der Waals surface area contributed by atoms with Gasteiger partial charge in [-0.25, -0.2) is 0 Å². The van der Waals surface area contributed by atoms with E-state index < -0.39 is 6.04 Å². The van der Waals surface area contributed by atoms with Gasteiger partial charge in [-0.3, -0.25) is 9.48 Å². The molecule has 1 N–H and O–H groups in total. The topological polar surface area (TPSA) is 63.3 Å². The van der Waals surface area contributed by atoms with Gasteiger partial charge in [-0.1, -0.05) is 30.3 Å². The van der Waals surface area contributed by atoms with E-state index in [-0.39, 0.29) is 5.91 Å². The first-order valence-corrected chi connectivity index (χ1v) is 8.77. The molecule has 6 heteroatoms. The van der Waals surface area contributed by atoms with Crippen LogP contribution in [0, 0.1) is 0 Å². The highest BCUT2D eigenvalue weighted by atomic mass is 16.3. The van der Waals surface area contributed by atoms with Gasteiger partial charge < -0.3 is 14.6 Å². The van der Waals surface area contributed by atoms with Crippen molar-refractivity contribution in [3.63, 3.8) is 0 Å². The van der Waals surface area contributed by atoms with E-state index in [9.17, 15) is 4.79 Å². The lowest BCUT2D eigenvalue weighted by molar-refractivity contribution is -0.134. The summed E-state index contributed by atoms with van der Waals surface area (Å²) in [6.45, 7) is 1.19. The summed E-state index contributed by atoms with van der Waals surface area (Å²) in [5.74, 6) is 1.79. The number of fused-ring (bicyclic) bond motifs is 1. The van der Waals surface area contributed by atoms with E-state index in [0.717, 1.165) is 29.1 Å². The number of hydrogen-bond donors (Lipinski definition) is 1. The maximum absolute atomic E-state index is 13.0. The second-order valence-corrected chi connectivity index (χ2v) is 6.60. The second kappa shape index (κ2) is 6.80. The predicted octanol–water partition coefficient (Wildman–Crippen LogP) is 2.53. The lowest BCUT2D eigenvalue weighted by atomic mass is 10.0. The number of amides is 1. The number of carbonyl (C=O) groups is 1. The number of hydrogen-bond acceptors (Lipinski definition) is 4. The third-order valence-corrected chi connectivity index (χ3v) is 4.85. The number of carbonyl (C=O) groups excluding carboxylic acids is 1. The Morgan fingerprint density at radius 3 is 2.81 bits per heavy atom. The number of benzene rings is 1. The molecule has 0 saturated heterocycles. The monoisotopic (exact) mass is 350 g/mol. The minimum Gasteiger partial charge on any atom is -0.459 e. The Morgan fingerprint density at radius 2 is 2.12 bits per heavy atom. The molecule has 0 fully saturated rings. The van der Waals surface area contributed by atoms with Crippen molar-refractivity contribution in [1.82, 2.24) is 20.0 Å². The van der Waals surface area contributed by atoms with Crippen LogP contribution in [0.4, 0.5) is 0 Å². The molecular formula is C20H22N4O2. The average molecular weight is 350 g/mol. The quantitative estimate of drug-likeness (QED) is 0.785. The number of rotatable bonds is 4. The minimum absolute atomic E-state index is 0.0452. The van der Waals surface area contributed by atoms with Gasteiger partial charge in [0.2, 0.25) is 5.91 Å². The Kier molecular flexibility index (Phi) is 4.34. The highest BCUT2D eigenvalue weighted by molar-refractivity contribution is 5.83. The van der Waals surface area contributed by atoms with Crippen molar-refractivity contribution >= 4 is 5.91 Å². The lowest BCUT2D eigenvalue weighted by Crippen LogP contribution is -2.42. The first-order chi connectivity index (χ1) is 12.7. The first kappa shape index (κ1) is 16.6. The van der Waals surface area contributed by atoms with Crippen molar-refractivity contribution in [2.24, 2.45) is 7.05 Å². The zero-order valence-corrected chi connectivity index (χ0v) is 15.0. The zero-order chi connectivity index (χ0) is 18.1. The summed E-state index contributed by atoms with van der Waals surface area (Å²) in [6, 6.07) is 11.8. The molecule has 1 aliphatic heterocycles. The van der Waals surface area contributed by atoms with E-state index in [4.69, 9.17) is 4.42 Å². The molecule has 3 heterocycles. The van der Waals surface area contributed by atoms with E-state index in [1.165, 1.54) is 5.56 Å². The molecule has 26 heavy (non-hydrogen) atoms. The van der Waals surface area contributed by atoms with Crippen LogP contribution in [0.25, 0.3) is 11.3 Å². The number of nitrogens with one attached hydrogen (secondary N) is 1. The molecule has 1 unspecified atom stereocenters. The molecule has 134 valence electrons. The molecule has 0 radical (unpaired) electrons. The van der Waals surface area contributed by atoms with E-state index in [2.05, 4.69) is 16.5 Å². The van der Waals surface area contributed by atoms with Crippen LogP contribution in [-0.4, -0.2) is 34.2 Å². The van der Waals surface area contributed by atoms with Crippen molar-refractivity contribution in [3.05, 3.63) is 65.7 Å². The predicted molar refractivity (Wildman–Crippen MR) is 98.3 cm³/mol. The van der Waals surface area contributed by atoms with Crippen molar-refractivity contribution in [2.45, 2.75) is 19.0 Å². The number of likely N-dealkylation sites (N-methyl/N-ethyl adjacent to an activating group) is 1. The van der Waals surface area contributed by atoms with Gasteiger partial charge in [0.05, 0.1) is 12.7 Å². The van der Waals surface area contributed by atoms with E-state index in [0.29, 0.717) is 13.1 Å². The molecule has 0 spiro atoms. The number of furan rings is 1. The van der Waals surface area contributed by atoms with Crippen LogP contribution < -0.4 is 5.32 Å². The van der Waals surface area contributed by atoms with Gasteiger partial charge in [0.25, 0.3) is 0 Å². The summed E-state index contributed by atoms with van der Waals surface area (Å²) in [6.07, 6.45) is 4.41. The number of nitrogens with zero attached hydrogens (tertiary/aromatic N) is 3. The van der Waals surface area contributed by atoms with Gasteiger partial charge in [-0.05, 0) is 25.1 Å². The molecule has 1 aromatic carbocycles. The Morgan fingerprint density at radius 1 is 1.31 bits per heavy atom. The maximum Gasteiger partial charge on any atom is 0.244 e. The number of aryl methyl sites for hydroxylation is 1. The molecular weight excluding hydrogens is 328 g/mol. The first-order valence-electron chi connectivity index (χ1n) is 8.77. The Hall–Kier alpha value is -2.86. The summed E-state index contributed by atoms with van der Waals surface area (Å²) >= 11 is 0. The van der Waals surface area contributed by atoms with Gasteiger partial charge in [-0.15, -0.1) is 0 Å². The zero-order valence-electron chi connectivity index (χ0n) is 15.0. The molecule has 2 aromatic heterocycles. The minimum atomic E-state index is -0.395. The van der Waals surface area contributed by atoms with E-state index in [1.807, 2.05) is 48.5 Å². The summed E-state index contributed by atoms with van der Waals surface area (Å²) in [5.41, 5.74) is 3.12. The van der Waals surface area contributed by atoms with Gasteiger partial charge in [0, 0.05) is 30.9 Å². The highest BCUT2D eigenvalue weighted by Gasteiger charge is 2.30. The number of aromatic nitrogens is 2. The third kappa shape index (κ3) is 3.04. The van der Waals surface area contributed by atoms with Crippen molar-refractivity contribution < 1.29 is 9.21 Å². The fraction of sp³-hybridized carbons (Fsp3) is 0.300.